The maximum absolute atomic E-state index is 12.9. The second kappa shape index (κ2) is 71.3. The molecule has 0 heterocycles. The van der Waals surface area contributed by atoms with E-state index in [1.807, 2.05) is 0 Å². The highest BCUT2D eigenvalue weighted by atomic mass is 16.6. The fourth-order valence-electron chi connectivity index (χ4n) is 10.6. The molecule has 0 aromatic heterocycles. The molecule has 0 spiro atoms. The third-order valence-corrected chi connectivity index (χ3v) is 16.2. The van der Waals surface area contributed by atoms with Crippen molar-refractivity contribution in [1.29, 1.82) is 0 Å². The van der Waals surface area contributed by atoms with Gasteiger partial charge >= 0.3 is 17.9 Å². The largest absolute Gasteiger partial charge is 0.462 e. The van der Waals surface area contributed by atoms with Crippen molar-refractivity contribution in [2.75, 3.05) is 13.2 Å². The monoisotopic (exact) mass is 1160 g/mol. The fourth-order valence-corrected chi connectivity index (χ4v) is 10.6. The molecule has 0 N–H and O–H groups in total. The van der Waals surface area contributed by atoms with Crippen molar-refractivity contribution in [3.8, 4) is 0 Å². The molecule has 0 amide bonds. The van der Waals surface area contributed by atoms with Crippen molar-refractivity contribution in [2.24, 2.45) is 0 Å². The quantitative estimate of drug-likeness (QED) is 0.0261. The average molecular weight is 1160 g/mol. The molecule has 0 aliphatic rings. The van der Waals surface area contributed by atoms with Crippen LogP contribution in [0, 0.1) is 0 Å². The van der Waals surface area contributed by atoms with Crippen molar-refractivity contribution < 1.29 is 28.6 Å². The van der Waals surface area contributed by atoms with Crippen molar-refractivity contribution in [3.63, 3.8) is 0 Å². The number of hydrogen-bond acceptors (Lipinski definition) is 6. The summed E-state index contributed by atoms with van der Waals surface area (Å²) in [5.41, 5.74) is 0. The number of carbonyl (C=O) groups is 3. The van der Waals surface area contributed by atoms with Gasteiger partial charge in [0, 0.05) is 19.3 Å². The van der Waals surface area contributed by atoms with Crippen LogP contribution in [-0.4, -0.2) is 37.2 Å². The Bertz CT molecular complexity index is 1520. The standard InChI is InChI=1S/C77H138O6/c1-4-7-10-13-16-19-22-24-26-28-30-32-34-36-37-38-39-41-42-44-46-48-50-52-55-58-61-64-67-70-76(79)82-73-74(72-81-75(78)69-66-63-60-57-54-21-18-15-12-9-6-3)83-77(80)71-68-65-62-59-56-53-51-49-47-45-43-40-35-33-31-29-27-25-23-20-17-14-11-8-5-2/h15,18,22-25,28-31,35,40,74H,4-14,16-17,19-21,26-27,32-34,36-39,41-73H2,1-3H3/b18-15-,24-22-,25-23-,30-28-,31-29-,40-35-. The molecule has 482 valence electrons. The van der Waals surface area contributed by atoms with Crippen LogP contribution in [0.3, 0.4) is 0 Å². The number of carbonyl (C=O) groups excluding carboxylic acids is 3. The molecule has 0 aromatic carbocycles. The summed E-state index contributed by atoms with van der Waals surface area (Å²) in [4.78, 5) is 38.4. The Morgan fingerprint density at radius 2 is 0.446 bits per heavy atom. The second-order valence-electron chi connectivity index (χ2n) is 24.5. The topological polar surface area (TPSA) is 78.9 Å². The SMILES string of the molecule is CCCC/C=C\CCCCCCCC(=O)OCC(COC(=O)CCCCCCCCCCCCCCCCCCC/C=C\C/C=C\CCCCCCC)OC(=O)CCCCCCCCCCCC/C=C\C/C=C\C/C=C\CCCCCCC. The van der Waals surface area contributed by atoms with Crippen LogP contribution < -0.4 is 0 Å². The Kier molecular flexibility index (Phi) is 68.6. The summed E-state index contributed by atoms with van der Waals surface area (Å²) >= 11 is 0. The van der Waals surface area contributed by atoms with E-state index in [0.717, 1.165) is 83.5 Å². The molecular formula is C77H138O6. The van der Waals surface area contributed by atoms with E-state index in [4.69, 9.17) is 14.2 Å². The molecular weight excluding hydrogens is 1020 g/mol. The molecule has 6 heteroatoms. The molecule has 0 aromatic rings. The molecule has 6 nitrogen and oxygen atoms in total. The van der Waals surface area contributed by atoms with Gasteiger partial charge in [-0.3, -0.25) is 14.4 Å². The fraction of sp³-hybridized carbons (Fsp3) is 0.805. The van der Waals surface area contributed by atoms with Gasteiger partial charge in [-0.05, 0) is 109 Å². The van der Waals surface area contributed by atoms with Crippen LogP contribution in [0.15, 0.2) is 72.9 Å². The zero-order valence-corrected chi connectivity index (χ0v) is 55.5. The van der Waals surface area contributed by atoms with Crippen LogP contribution in [0.5, 0.6) is 0 Å². The first-order valence-corrected chi connectivity index (χ1v) is 36.4. The Labute approximate surface area is 516 Å². The summed E-state index contributed by atoms with van der Waals surface area (Å²) in [5.74, 6) is -0.871. The molecule has 0 radical (unpaired) electrons. The highest BCUT2D eigenvalue weighted by Gasteiger charge is 2.19. The lowest BCUT2D eigenvalue weighted by Gasteiger charge is -2.18. The maximum Gasteiger partial charge on any atom is 0.306 e. The number of allylic oxidation sites excluding steroid dienone is 12. The Balaban J connectivity index is 4.19. The van der Waals surface area contributed by atoms with Crippen molar-refractivity contribution in [3.05, 3.63) is 72.9 Å². The van der Waals surface area contributed by atoms with Gasteiger partial charge < -0.3 is 14.2 Å². The lowest BCUT2D eigenvalue weighted by atomic mass is 10.0. The van der Waals surface area contributed by atoms with Gasteiger partial charge in [0.05, 0.1) is 0 Å². The van der Waals surface area contributed by atoms with Gasteiger partial charge in [0.25, 0.3) is 0 Å². The number of unbranched alkanes of at least 4 members (excludes halogenated alkanes) is 44. The molecule has 83 heavy (non-hydrogen) atoms. The molecule has 1 unspecified atom stereocenters. The molecule has 0 saturated carbocycles. The van der Waals surface area contributed by atoms with E-state index in [0.29, 0.717) is 19.3 Å². The average Bonchev–Trinajstić information content (AvgIpc) is 3.48. The lowest BCUT2D eigenvalue weighted by molar-refractivity contribution is -0.167. The van der Waals surface area contributed by atoms with E-state index in [9.17, 15) is 14.4 Å². The van der Waals surface area contributed by atoms with Crippen molar-refractivity contribution in [1.82, 2.24) is 0 Å². The molecule has 1 atom stereocenters. The number of ether oxygens (including phenoxy) is 3. The summed E-state index contributed by atoms with van der Waals surface area (Å²) in [6, 6.07) is 0. The Morgan fingerprint density at radius 3 is 0.723 bits per heavy atom. The van der Waals surface area contributed by atoms with Crippen LogP contribution >= 0.6 is 0 Å². The van der Waals surface area contributed by atoms with Gasteiger partial charge in [0.1, 0.15) is 13.2 Å². The second-order valence-corrected chi connectivity index (χ2v) is 24.5. The number of rotatable bonds is 67. The molecule has 0 bridgehead atoms. The normalized spacial score (nSPS) is 12.5. The molecule has 0 aliphatic carbocycles. The predicted octanol–water partition coefficient (Wildman–Crippen LogP) is 25.2. The first-order valence-electron chi connectivity index (χ1n) is 36.4. The number of hydrogen-bond donors (Lipinski definition) is 0. The van der Waals surface area contributed by atoms with Crippen LogP contribution in [0.4, 0.5) is 0 Å². The summed E-state index contributed by atoms with van der Waals surface area (Å²) < 4.78 is 17.0. The third-order valence-electron chi connectivity index (χ3n) is 16.2. The minimum absolute atomic E-state index is 0.0764. The summed E-state index contributed by atoms with van der Waals surface area (Å²) in [7, 11) is 0. The van der Waals surface area contributed by atoms with Crippen LogP contribution in [-0.2, 0) is 28.6 Å². The van der Waals surface area contributed by atoms with Crippen molar-refractivity contribution >= 4 is 17.9 Å². The minimum Gasteiger partial charge on any atom is -0.462 e. The number of esters is 3. The van der Waals surface area contributed by atoms with Gasteiger partial charge in [0.15, 0.2) is 6.10 Å². The van der Waals surface area contributed by atoms with E-state index < -0.39 is 6.10 Å². The summed E-state index contributed by atoms with van der Waals surface area (Å²) in [6.45, 7) is 6.62. The van der Waals surface area contributed by atoms with Crippen molar-refractivity contribution in [2.45, 2.75) is 386 Å². The van der Waals surface area contributed by atoms with Gasteiger partial charge in [0.2, 0.25) is 0 Å². The Morgan fingerprint density at radius 1 is 0.241 bits per heavy atom. The zero-order chi connectivity index (χ0) is 59.9. The third kappa shape index (κ3) is 69.5. The summed E-state index contributed by atoms with van der Waals surface area (Å²) in [5, 5.41) is 0. The first kappa shape index (κ1) is 79.8. The molecule has 0 saturated heterocycles. The van der Waals surface area contributed by atoms with Crippen LogP contribution in [0.1, 0.15) is 380 Å². The first-order chi connectivity index (χ1) is 41.0. The molecule has 0 aliphatic heterocycles. The van der Waals surface area contributed by atoms with Gasteiger partial charge in [-0.25, -0.2) is 0 Å². The summed E-state index contributed by atoms with van der Waals surface area (Å²) in [6.07, 6.45) is 93.7. The van der Waals surface area contributed by atoms with Crippen LogP contribution in [0.2, 0.25) is 0 Å². The maximum atomic E-state index is 12.9. The highest BCUT2D eigenvalue weighted by molar-refractivity contribution is 5.71. The van der Waals surface area contributed by atoms with E-state index in [2.05, 4.69) is 93.7 Å². The van der Waals surface area contributed by atoms with Gasteiger partial charge in [-0.15, -0.1) is 0 Å². The van der Waals surface area contributed by atoms with Gasteiger partial charge in [-0.1, -0.05) is 325 Å². The van der Waals surface area contributed by atoms with E-state index in [1.165, 1.54) is 257 Å². The van der Waals surface area contributed by atoms with Gasteiger partial charge in [-0.2, -0.15) is 0 Å². The molecule has 0 rings (SSSR count). The van der Waals surface area contributed by atoms with E-state index >= 15 is 0 Å². The smallest absolute Gasteiger partial charge is 0.306 e. The van der Waals surface area contributed by atoms with E-state index in [1.54, 1.807) is 0 Å². The lowest BCUT2D eigenvalue weighted by Crippen LogP contribution is -2.30. The molecule has 0 fully saturated rings. The van der Waals surface area contributed by atoms with Crippen LogP contribution in [0.25, 0.3) is 0 Å². The highest BCUT2D eigenvalue weighted by Crippen LogP contribution is 2.18. The predicted molar refractivity (Wildman–Crippen MR) is 362 cm³/mol. The minimum atomic E-state index is -0.781. The van der Waals surface area contributed by atoms with E-state index in [-0.39, 0.29) is 31.1 Å². The Hall–Kier alpha value is -3.15. The zero-order valence-electron chi connectivity index (χ0n) is 55.5.